The van der Waals surface area contributed by atoms with Gasteiger partial charge in [0, 0.05) is 29.6 Å². The molecule has 0 spiro atoms. The molecule has 0 amide bonds. The van der Waals surface area contributed by atoms with E-state index in [0.29, 0.717) is 40.8 Å². The zero-order chi connectivity index (χ0) is 23.3. The molecule has 0 aromatic heterocycles. The number of phenols is 1. The van der Waals surface area contributed by atoms with Crippen LogP contribution in [0, 0.1) is 5.82 Å². The topological polar surface area (TPSA) is 55.8 Å². The van der Waals surface area contributed by atoms with E-state index in [4.69, 9.17) is 32.5 Å². The maximum atomic E-state index is 13.2. The monoisotopic (exact) mass is 496 g/mol. The Bertz CT molecular complexity index is 1110. The SMILES string of the molecule is CCOP(C)(=O)COc1cc(Cl)c(Cc2ccc(O)c(Cc3ccc(F)cc3)c2)c(Cl)c1. The number of hydrogen-bond acceptors (Lipinski definition) is 4. The van der Waals surface area contributed by atoms with Crippen LogP contribution in [0.4, 0.5) is 4.39 Å². The molecular weight excluding hydrogens is 473 g/mol. The fourth-order valence-electron chi connectivity index (χ4n) is 3.25. The van der Waals surface area contributed by atoms with Crippen molar-refractivity contribution >= 4 is 30.6 Å². The van der Waals surface area contributed by atoms with Crippen LogP contribution in [0.25, 0.3) is 0 Å². The van der Waals surface area contributed by atoms with Crippen molar-refractivity contribution in [3.63, 3.8) is 0 Å². The zero-order valence-corrected chi connectivity index (χ0v) is 20.2. The third-order valence-corrected chi connectivity index (χ3v) is 6.89. The normalized spacial score (nSPS) is 13.0. The predicted molar refractivity (Wildman–Crippen MR) is 127 cm³/mol. The first kappa shape index (κ1) is 24.6. The van der Waals surface area contributed by atoms with Gasteiger partial charge in [-0.3, -0.25) is 4.57 Å². The Morgan fingerprint density at radius 1 is 0.969 bits per heavy atom. The molecule has 0 aliphatic rings. The zero-order valence-electron chi connectivity index (χ0n) is 17.8. The molecule has 0 aliphatic carbocycles. The van der Waals surface area contributed by atoms with E-state index in [9.17, 15) is 14.1 Å². The van der Waals surface area contributed by atoms with Gasteiger partial charge in [0.25, 0.3) is 0 Å². The molecule has 0 radical (unpaired) electrons. The average molecular weight is 497 g/mol. The van der Waals surface area contributed by atoms with Crippen LogP contribution in [0.15, 0.2) is 54.6 Å². The van der Waals surface area contributed by atoms with Crippen LogP contribution in [-0.4, -0.2) is 24.7 Å². The van der Waals surface area contributed by atoms with Crippen molar-refractivity contribution in [1.29, 1.82) is 0 Å². The predicted octanol–water partition coefficient (Wildman–Crippen LogP) is 7.30. The van der Waals surface area contributed by atoms with Gasteiger partial charge in [-0.1, -0.05) is 47.5 Å². The van der Waals surface area contributed by atoms with E-state index in [1.54, 1.807) is 43.3 Å². The molecule has 0 saturated carbocycles. The van der Waals surface area contributed by atoms with Crippen molar-refractivity contribution in [3.05, 3.63) is 92.7 Å². The summed E-state index contributed by atoms with van der Waals surface area (Å²) >= 11 is 12.9. The number of benzene rings is 3. The summed E-state index contributed by atoms with van der Waals surface area (Å²) in [6.07, 6.45) is 0.836. The third-order valence-electron chi connectivity index (χ3n) is 4.82. The Morgan fingerprint density at radius 2 is 1.59 bits per heavy atom. The van der Waals surface area contributed by atoms with E-state index in [2.05, 4.69) is 0 Å². The molecular formula is C24H24Cl2FO4P. The number of ether oxygens (including phenoxy) is 1. The van der Waals surface area contributed by atoms with Crippen molar-refractivity contribution in [2.75, 3.05) is 19.6 Å². The number of aromatic hydroxyl groups is 1. The van der Waals surface area contributed by atoms with Gasteiger partial charge >= 0.3 is 0 Å². The molecule has 1 unspecified atom stereocenters. The molecule has 0 saturated heterocycles. The second kappa shape index (κ2) is 10.7. The van der Waals surface area contributed by atoms with Crippen LogP contribution in [-0.2, 0) is 21.9 Å². The van der Waals surface area contributed by atoms with Crippen LogP contribution in [0.5, 0.6) is 11.5 Å². The van der Waals surface area contributed by atoms with Gasteiger partial charge in [-0.15, -0.1) is 0 Å². The Labute approximate surface area is 197 Å². The molecule has 8 heteroatoms. The summed E-state index contributed by atoms with van der Waals surface area (Å²) < 4.78 is 36.2. The summed E-state index contributed by atoms with van der Waals surface area (Å²) in [6, 6.07) is 14.7. The Balaban J connectivity index is 1.76. The summed E-state index contributed by atoms with van der Waals surface area (Å²) in [4.78, 5) is 0. The van der Waals surface area contributed by atoms with E-state index in [1.165, 1.54) is 18.8 Å². The van der Waals surface area contributed by atoms with Crippen molar-refractivity contribution in [2.24, 2.45) is 0 Å². The number of halogens is 3. The van der Waals surface area contributed by atoms with Crippen LogP contribution in [0.2, 0.25) is 10.0 Å². The van der Waals surface area contributed by atoms with Gasteiger partial charge < -0.3 is 14.4 Å². The Morgan fingerprint density at radius 3 is 2.22 bits per heavy atom. The average Bonchev–Trinajstić information content (AvgIpc) is 2.73. The highest BCUT2D eigenvalue weighted by Crippen LogP contribution is 2.43. The van der Waals surface area contributed by atoms with E-state index in [0.717, 1.165) is 16.7 Å². The van der Waals surface area contributed by atoms with Gasteiger partial charge in [0.1, 0.15) is 17.3 Å². The molecule has 0 heterocycles. The van der Waals surface area contributed by atoms with E-state index < -0.39 is 7.37 Å². The maximum Gasteiger partial charge on any atom is 0.236 e. The number of rotatable bonds is 9. The van der Waals surface area contributed by atoms with Crippen LogP contribution < -0.4 is 4.74 Å². The fraction of sp³-hybridized carbons (Fsp3) is 0.250. The van der Waals surface area contributed by atoms with E-state index in [-0.39, 0.29) is 17.9 Å². The first-order valence-electron chi connectivity index (χ1n) is 10.0. The van der Waals surface area contributed by atoms with Gasteiger partial charge in [-0.05, 0) is 59.5 Å². The lowest BCUT2D eigenvalue weighted by atomic mass is 9.98. The summed E-state index contributed by atoms with van der Waals surface area (Å²) in [6.45, 7) is 3.63. The smallest absolute Gasteiger partial charge is 0.236 e. The first-order chi connectivity index (χ1) is 15.2. The molecule has 0 fully saturated rings. The van der Waals surface area contributed by atoms with E-state index in [1.807, 2.05) is 6.07 Å². The molecule has 4 nitrogen and oxygen atoms in total. The van der Waals surface area contributed by atoms with Gasteiger partial charge in [0.15, 0.2) is 6.35 Å². The van der Waals surface area contributed by atoms with Gasteiger partial charge in [0.2, 0.25) is 7.37 Å². The minimum atomic E-state index is -2.85. The lowest BCUT2D eigenvalue weighted by molar-refractivity contribution is 0.297. The summed E-state index contributed by atoms with van der Waals surface area (Å²) in [7, 11) is -2.85. The standard InChI is InChI=1S/C24H24Cl2FO4P/c1-3-31-32(2,29)15-30-20-13-22(25)21(23(26)14-20)12-17-6-9-24(28)18(11-17)10-16-4-7-19(27)8-5-16/h4-9,11,13-14,28H,3,10,12,15H2,1-2H3. The third kappa shape index (κ3) is 6.73. The molecule has 0 aliphatic heterocycles. The van der Waals surface area contributed by atoms with Crippen molar-refractivity contribution in [3.8, 4) is 11.5 Å². The fourth-order valence-corrected chi connectivity index (χ4v) is 4.86. The van der Waals surface area contributed by atoms with Crippen molar-refractivity contribution < 1.29 is 23.3 Å². The molecule has 1 N–H and O–H groups in total. The van der Waals surface area contributed by atoms with Crippen molar-refractivity contribution in [1.82, 2.24) is 0 Å². The van der Waals surface area contributed by atoms with Crippen LogP contribution >= 0.6 is 30.6 Å². The van der Waals surface area contributed by atoms with Gasteiger partial charge in [0.05, 0.1) is 6.61 Å². The summed E-state index contributed by atoms with van der Waals surface area (Å²) in [5.41, 5.74) is 3.22. The largest absolute Gasteiger partial charge is 0.508 e. The lowest BCUT2D eigenvalue weighted by Crippen LogP contribution is -2.02. The second-order valence-corrected chi connectivity index (χ2v) is 10.9. The first-order valence-corrected chi connectivity index (χ1v) is 13.0. The molecule has 0 bridgehead atoms. The highest BCUT2D eigenvalue weighted by Gasteiger charge is 2.18. The summed E-state index contributed by atoms with van der Waals surface area (Å²) in [5.74, 6) is 0.272. The van der Waals surface area contributed by atoms with Crippen LogP contribution in [0.3, 0.4) is 0 Å². The number of hydrogen-bond donors (Lipinski definition) is 1. The highest BCUT2D eigenvalue weighted by atomic mass is 35.5. The van der Waals surface area contributed by atoms with Crippen LogP contribution in [0.1, 0.15) is 29.2 Å². The number of phenolic OH excluding ortho intramolecular Hbond substituents is 1. The Kier molecular flexibility index (Phi) is 8.24. The maximum absolute atomic E-state index is 13.2. The molecule has 3 rings (SSSR count). The molecule has 3 aromatic rings. The minimum Gasteiger partial charge on any atom is -0.508 e. The lowest BCUT2D eigenvalue weighted by Gasteiger charge is -2.16. The Hall–Kier alpha value is -2.04. The molecule has 1 atom stereocenters. The molecule has 32 heavy (non-hydrogen) atoms. The second-order valence-electron chi connectivity index (χ2n) is 7.51. The molecule has 170 valence electrons. The van der Waals surface area contributed by atoms with E-state index >= 15 is 0 Å². The molecule has 3 aromatic carbocycles. The summed E-state index contributed by atoms with van der Waals surface area (Å²) in [5, 5.41) is 11.1. The van der Waals surface area contributed by atoms with Gasteiger partial charge in [-0.2, -0.15) is 0 Å². The van der Waals surface area contributed by atoms with Crippen molar-refractivity contribution in [2.45, 2.75) is 19.8 Å². The highest BCUT2D eigenvalue weighted by molar-refractivity contribution is 7.57. The minimum absolute atomic E-state index is 0.0719. The quantitative estimate of drug-likeness (QED) is 0.315. The van der Waals surface area contributed by atoms with Gasteiger partial charge in [-0.25, -0.2) is 4.39 Å².